The number of hydrogen-bond acceptors (Lipinski definition) is 3. The summed E-state index contributed by atoms with van der Waals surface area (Å²) in [5.74, 6) is -0.236. The maximum Gasteiger partial charge on any atom is 0.262 e. The quantitative estimate of drug-likeness (QED) is 0.416. The highest BCUT2D eigenvalue weighted by atomic mass is 16.5. The van der Waals surface area contributed by atoms with E-state index < -0.39 is 0 Å². The molecule has 0 saturated heterocycles. The Labute approximate surface area is 187 Å². The number of anilines is 2. The van der Waals surface area contributed by atoms with Crippen LogP contribution in [0.2, 0.25) is 0 Å². The summed E-state index contributed by atoms with van der Waals surface area (Å²) >= 11 is 0. The van der Waals surface area contributed by atoms with Crippen molar-refractivity contribution < 1.29 is 14.3 Å². The zero-order valence-corrected chi connectivity index (χ0v) is 18.0. The molecule has 0 bridgehead atoms. The Hall–Kier alpha value is -4.12. The summed E-state index contributed by atoms with van der Waals surface area (Å²) < 4.78 is 5.82. The van der Waals surface area contributed by atoms with Crippen LogP contribution in [0.4, 0.5) is 11.4 Å². The van der Waals surface area contributed by atoms with Crippen molar-refractivity contribution in [2.45, 2.75) is 13.8 Å². The largest absolute Gasteiger partial charge is 0.483 e. The number of para-hydroxylation sites is 1. The number of benzene rings is 4. The normalized spacial score (nSPS) is 10.6. The van der Waals surface area contributed by atoms with Crippen molar-refractivity contribution in [1.82, 2.24) is 0 Å². The molecule has 0 unspecified atom stereocenters. The third-order valence-electron chi connectivity index (χ3n) is 5.18. The van der Waals surface area contributed by atoms with Crippen LogP contribution in [0.3, 0.4) is 0 Å². The van der Waals surface area contributed by atoms with E-state index in [9.17, 15) is 9.59 Å². The molecule has 2 N–H and O–H groups in total. The van der Waals surface area contributed by atoms with Crippen LogP contribution in [-0.4, -0.2) is 18.4 Å². The lowest BCUT2D eigenvalue weighted by molar-refractivity contribution is -0.118. The van der Waals surface area contributed by atoms with Gasteiger partial charge in [0.15, 0.2) is 6.61 Å². The van der Waals surface area contributed by atoms with Crippen molar-refractivity contribution in [1.29, 1.82) is 0 Å². The van der Waals surface area contributed by atoms with Gasteiger partial charge in [-0.05, 0) is 60.5 Å². The molecule has 32 heavy (non-hydrogen) atoms. The van der Waals surface area contributed by atoms with Gasteiger partial charge in [-0.2, -0.15) is 0 Å². The number of ether oxygens (including phenoxy) is 1. The van der Waals surface area contributed by atoms with Crippen LogP contribution in [0, 0.1) is 13.8 Å². The minimum absolute atomic E-state index is 0.211. The van der Waals surface area contributed by atoms with Crippen LogP contribution in [-0.2, 0) is 4.79 Å². The first-order chi connectivity index (χ1) is 15.5. The number of rotatable bonds is 6. The van der Waals surface area contributed by atoms with Crippen molar-refractivity contribution in [3.8, 4) is 5.75 Å². The van der Waals surface area contributed by atoms with E-state index in [1.54, 1.807) is 12.1 Å². The molecule has 0 saturated carbocycles. The molecule has 0 fully saturated rings. The minimum Gasteiger partial charge on any atom is -0.483 e. The molecule has 5 heteroatoms. The fraction of sp³-hybridized carbons (Fsp3) is 0.111. The number of carbonyl (C=O) groups is 2. The van der Waals surface area contributed by atoms with Gasteiger partial charge in [-0.15, -0.1) is 0 Å². The minimum atomic E-state index is -0.299. The maximum absolute atomic E-state index is 13.1. The summed E-state index contributed by atoms with van der Waals surface area (Å²) in [6.45, 7) is 3.71. The predicted octanol–water partition coefficient (Wildman–Crippen LogP) is 5.73. The molecule has 0 radical (unpaired) electrons. The van der Waals surface area contributed by atoms with Gasteiger partial charge in [0, 0.05) is 11.4 Å². The number of aryl methyl sites for hydroxylation is 2. The number of fused-ring (bicyclic) bond motifs is 1. The van der Waals surface area contributed by atoms with Gasteiger partial charge in [0.2, 0.25) is 0 Å². The summed E-state index contributed by atoms with van der Waals surface area (Å²) in [5.41, 5.74) is 3.87. The molecule has 0 aliphatic rings. The summed E-state index contributed by atoms with van der Waals surface area (Å²) in [7, 11) is 0. The second-order valence-electron chi connectivity index (χ2n) is 7.67. The molecule has 0 aliphatic heterocycles. The van der Waals surface area contributed by atoms with Crippen LogP contribution < -0.4 is 15.4 Å². The number of carbonyl (C=O) groups excluding carboxylic acids is 2. The first kappa shape index (κ1) is 21.1. The van der Waals surface area contributed by atoms with Crippen molar-refractivity contribution in [3.05, 3.63) is 102 Å². The topological polar surface area (TPSA) is 67.4 Å². The Bertz CT molecular complexity index is 1280. The summed E-state index contributed by atoms with van der Waals surface area (Å²) in [6, 6.07) is 26.4. The first-order valence-electron chi connectivity index (χ1n) is 10.4. The van der Waals surface area contributed by atoms with Crippen molar-refractivity contribution in [2.75, 3.05) is 17.2 Å². The Morgan fingerprint density at radius 3 is 2.16 bits per heavy atom. The van der Waals surface area contributed by atoms with Gasteiger partial charge in [0.25, 0.3) is 11.8 Å². The summed E-state index contributed by atoms with van der Waals surface area (Å²) in [4.78, 5) is 25.5. The Morgan fingerprint density at radius 1 is 0.781 bits per heavy atom. The number of amides is 2. The molecule has 4 rings (SSSR count). The third-order valence-corrected chi connectivity index (χ3v) is 5.18. The third kappa shape index (κ3) is 4.95. The van der Waals surface area contributed by atoms with Gasteiger partial charge in [-0.3, -0.25) is 9.59 Å². The van der Waals surface area contributed by atoms with E-state index in [1.807, 2.05) is 86.6 Å². The van der Waals surface area contributed by atoms with Crippen LogP contribution in [0.1, 0.15) is 21.5 Å². The molecule has 0 spiro atoms. The lowest BCUT2D eigenvalue weighted by Crippen LogP contribution is -2.21. The van der Waals surface area contributed by atoms with Gasteiger partial charge in [0.05, 0.1) is 5.56 Å². The monoisotopic (exact) mass is 424 g/mol. The smallest absolute Gasteiger partial charge is 0.262 e. The number of hydrogen-bond donors (Lipinski definition) is 2. The van der Waals surface area contributed by atoms with Crippen LogP contribution in [0.15, 0.2) is 84.9 Å². The fourth-order valence-electron chi connectivity index (χ4n) is 3.40. The van der Waals surface area contributed by atoms with Crippen LogP contribution in [0.25, 0.3) is 10.8 Å². The molecule has 2 amide bonds. The Morgan fingerprint density at radius 2 is 1.44 bits per heavy atom. The summed E-state index contributed by atoms with van der Waals surface area (Å²) in [6.07, 6.45) is 0. The van der Waals surface area contributed by atoms with Gasteiger partial charge < -0.3 is 15.4 Å². The second kappa shape index (κ2) is 9.35. The highest BCUT2D eigenvalue weighted by molar-refractivity contribution is 6.09. The Balaban J connectivity index is 1.56. The highest BCUT2D eigenvalue weighted by Gasteiger charge is 2.16. The molecule has 160 valence electrons. The molecule has 0 heterocycles. The van der Waals surface area contributed by atoms with E-state index in [0.29, 0.717) is 17.0 Å². The molecule has 5 nitrogen and oxygen atoms in total. The SMILES string of the molecule is Cc1ccc(NC(=O)COc2cc3ccccc3cc2C(=O)Nc2ccccc2C)cc1. The zero-order valence-electron chi connectivity index (χ0n) is 18.0. The van der Waals surface area contributed by atoms with Crippen molar-refractivity contribution >= 4 is 34.0 Å². The summed E-state index contributed by atoms with van der Waals surface area (Å²) in [5, 5.41) is 7.59. The van der Waals surface area contributed by atoms with Crippen LogP contribution in [0.5, 0.6) is 5.75 Å². The van der Waals surface area contributed by atoms with Crippen molar-refractivity contribution in [3.63, 3.8) is 0 Å². The molecule has 0 atom stereocenters. The van der Waals surface area contributed by atoms with Gasteiger partial charge >= 0.3 is 0 Å². The second-order valence-corrected chi connectivity index (χ2v) is 7.67. The van der Waals surface area contributed by atoms with E-state index in [0.717, 1.165) is 27.6 Å². The van der Waals surface area contributed by atoms with Crippen molar-refractivity contribution in [2.24, 2.45) is 0 Å². The molecular weight excluding hydrogens is 400 g/mol. The van der Waals surface area contributed by atoms with Crippen LogP contribution >= 0.6 is 0 Å². The lowest BCUT2D eigenvalue weighted by atomic mass is 10.0. The molecule has 0 aromatic heterocycles. The standard InChI is InChI=1S/C27H24N2O3/c1-18-11-13-22(14-12-18)28-26(30)17-32-25-16-21-9-5-4-8-20(21)15-23(25)27(31)29-24-10-6-3-7-19(24)2/h3-16H,17H2,1-2H3,(H,28,30)(H,29,31). The fourth-order valence-corrected chi connectivity index (χ4v) is 3.40. The molecular formula is C27H24N2O3. The average molecular weight is 425 g/mol. The molecule has 0 aliphatic carbocycles. The molecule has 4 aromatic rings. The van der Waals surface area contributed by atoms with E-state index in [-0.39, 0.29) is 18.4 Å². The average Bonchev–Trinajstić information content (AvgIpc) is 2.80. The van der Waals surface area contributed by atoms with Gasteiger partial charge in [-0.25, -0.2) is 0 Å². The predicted molar refractivity (Wildman–Crippen MR) is 128 cm³/mol. The van der Waals surface area contributed by atoms with E-state index in [1.165, 1.54) is 0 Å². The zero-order chi connectivity index (χ0) is 22.5. The van der Waals surface area contributed by atoms with E-state index >= 15 is 0 Å². The lowest BCUT2D eigenvalue weighted by Gasteiger charge is -2.14. The van der Waals surface area contributed by atoms with E-state index in [2.05, 4.69) is 10.6 Å². The van der Waals surface area contributed by atoms with Gasteiger partial charge in [-0.1, -0.05) is 60.2 Å². The Kier molecular flexibility index (Phi) is 6.17. The van der Waals surface area contributed by atoms with Gasteiger partial charge in [0.1, 0.15) is 5.75 Å². The van der Waals surface area contributed by atoms with E-state index in [4.69, 9.17) is 4.74 Å². The molecule has 4 aromatic carbocycles. The number of nitrogens with one attached hydrogen (secondary N) is 2. The first-order valence-corrected chi connectivity index (χ1v) is 10.4. The highest BCUT2D eigenvalue weighted by Crippen LogP contribution is 2.27. The maximum atomic E-state index is 13.1.